The summed E-state index contributed by atoms with van der Waals surface area (Å²) < 4.78 is 43.0. The van der Waals surface area contributed by atoms with Gasteiger partial charge in [0, 0.05) is 11.6 Å². The zero-order valence-electron chi connectivity index (χ0n) is 13.4. The summed E-state index contributed by atoms with van der Waals surface area (Å²) in [6, 6.07) is 8.14. The van der Waals surface area contributed by atoms with E-state index in [-0.39, 0.29) is 11.4 Å². The lowest BCUT2D eigenvalue weighted by Crippen LogP contribution is -2.29. The van der Waals surface area contributed by atoms with Gasteiger partial charge in [0.1, 0.15) is 18.0 Å². The fourth-order valence-corrected chi connectivity index (χ4v) is 1.98. The zero-order chi connectivity index (χ0) is 20.0. The van der Waals surface area contributed by atoms with E-state index in [4.69, 9.17) is 4.74 Å². The smallest absolute Gasteiger partial charge is 0.416 e. The Morgan fingerprint density at radius 1 is 1.26 bits per heavy atom. The molecule has 0 aromatic heterocycles. The van der Waals surface area contributed by atoms with Crippen molar-refractivity contribution in [2.75, 3.05) is 12.0 Å². The second-order valence-corrected chi connectivity index (χ2v) is 5.06. The van der Waals surface area contributed by atoms with Crippen molar-refractivity contribution in [3.8, 4) is 5.75 Å². The monoisotopic (exact) mass is 382 g/mol. The summed E-state index contributed by atoms with van der Waals surface area (Å²) in [6.07, 6.45) is -3.55. The second kappa shape index (κ2) is 8.17. The fraction of sp³-hybridized carbons (Fsp3) is 0.125. The Bertz CT molecular complexity index is 884. The number of alkyl halides is 3. The van der Waals surface area contributed by atoms with Gasteiger partial charge in [-0.25, -0.2) is 0 Å². The molecule has 0 fully saturated rings. The normalized spacial score (nSPS) is 11.4. The molecule has 0 aliphatic heterocycles. The van der Waals surface area contributed by atoms with Crippen molar-refractivity contribution in [3.63, 3.8) is 0 Å². The van der Waals surface area contributed by atoms with E-state index in [9.17, 15) is 33.2 Å². The molecule has 142 valence electrons. The SMILES string of the molecule is O=C([O-])COc1ccccc1/C=N\Nc1ccc(C(F)(F)F)cc1[N+](=O)[O-]. The van der Waals surface area contributed by atoms with E-state index in [1.54, 1.807) is 12.1 Å². The molecule has 11 heteroatoms. The van der Waals surface area contributed by atoms with Gasteiger partial charge in [-0.2, -0.15) is 18.3 Å². The minimum absolute atomic E-state index is 0.161. The number of ether oxygens (including phenoxy) is 1. The highest BCUT2D eigenvalue weighted by molar-refractivity contribution is 5.84. The lowest BCUT2D eigenvalue weighted by atomic mass is 10.1. The van der Waals surface area contributed by atoms with Gasteiger partial charge in [-0.05, 0) is 24.3 Å². The molecule has 0 heterocycles. The number of nitrogens with one attached hydrogen (secondary N) is 1. The number of halogens is 3. The first-order valence-corrected chi connectivity index (χ1v) is 7.25. The highest BCUT2D eigenvalue weighted by Gasteiger charge is 2.33. The molecule has 0 saturated carbocycles. The van der Waals surface area contributed by atoms with Gasteiger partial charge >= 0.3 is 6.18 Å². The average Bonchev–Trinajstić information content (AvgIpc) is 2.60. The number of rotatable bonds is 7. The van der Waals surface area contributed by atoms with Crippen molar-refractivity contribution in [1.82, 2.24) is 0 Å². The van der Waals surface area contributed by atoms with Crippen molar-refractivity contribution >= 4 is 23.6 Å². The molecule has 8 nitrogen and oxygen atoms in total. The van der Waals surface area contributed by atoms with Gasteiger partial charge in [-0.1, -0.05) is 12.1 Å². The number of benzene rings is 2. The summed E-state index contributed by atoms with van der Waals surface area (Å²) in [6.45, 7) is -0.692. The van der Waals surface area contributed by atoms with E-state index in [1.807, 2.05) is 0 Å². The molecule has 0 spiro atoms. The topological polar surface area (TPSA) is 117 Å². The van der Waals surface area contributed by atoms with Crippen molar-refractivity contribution in [2.24, 2.45) is 5.10 Å². The molecular weight excluding hydrogens is 371 g/mol. The molecule has 0 radical (unpaired) electrons. The van der Waals surface area contributed by atoms with Crippen molar-refractivity contribution in [3.05, 3.63) is 63.7 Å². The van der Waals surface area contributed by atoms with Crippen LogP contribution < -0.4 is 15.3 Å². The number of carbonyl (C=O) groups excluding carboxylic acids is 1. The summed E-state index contributed by atoms with van der Waals surface area (Å²) >= 11 is 0. The maximum Gasteiger partial charge on any atom is 0.416 e. The first-order valence-electron chi connectivity index (χ1n) is 7.25. The highest BCUT2D eigenvalue weighted by Crippen LogP contribution is 2.34. The number of anilines is 1. The Morgan fingerprint density at radius 3 is 2.59 bits per heavy atom. The minimum Gasteiger partial charge on any atom is -0.546 e. The highest BCUT2D eigenvalue weighted by atomic mass is 19.4. The quantitative estimate of drug-likeness (QED) is 0.446. The van der Waals surface area contributed by atoms with E-state index >= 15 is 0 Å². The number of carboxylic acids is 1. The van der Waals surface area contributed by atoms with Crippen LogP contribution in [0.4, 0.5) is 24.5 Å². The van der Waals surface area contributed by atoms with E-state index < -0.39 is 34.9 Å². The molecule has 2 aromatic rings. The predicted molar refractivity (Wildman–Crippen MR) is 86.3 cm³/mol. The molecular formula is C16H11F3N3O5-. The van der Waals surface area contributed by atoms with Gasteiger partial charge in [-0.15, -0.1) is 0 Å². The van der Waals surface area contributed by atoms with Crippen molar-refractivity contribution < 1.29 is 32.7 Å². The molecule has 0 bridgehead atoms. The van der Waals surface area contributed by atoms with Crippen LogP contribution in [0.1, 0.15) is 11.1 Å². The van der Waals surface area contributed by atoms with Crippen LogP contribution in [0.2, 0.25) is 0 Å². The first kappa shape index (κ1) is 19.7. The third-order valence-corrected chi connectivity index (χ3v) is 3.17. The summed E-state index contributed by atoms with van der Waals surface area (Å²) in [5.74, 6) is -1.27. The molecule has 0 aliphatic rings. The fourth-order valence-electron chi connectivity index (χ4n) is 1.98. The molecule has 2 aromatic carbocycles. The summed E-state index contributed by atoms with van der Waals surface area (Å²) in [5, 5.41) is 25.2. The van der Waals surface area contributed by atoms with Crippen LogP contribution in [0.3, 0.4) is 0 Å². The van der Waals surface area contributed by atoms with Gasteiger partial charge < -0.3 is 14.6 Å². The Balaban J connectivity index is 2.22. The molecule has 0 saturated heterocycles. The van der Waals surface area contributed by atoms with E-state index in [2.05, 4.69) is 10.5 Å². The standard InChI is InChI=1S/C16H12F3N3O5/c17-16(18,19)11-5-6-12(13(7-11)22(25)26)21-20-8-10-3-1-2-4-14(10)27-9-15(23)24/h1-8,21H,9H2,(H,23,24)/p-1/b20-8-. The maximum atomic E-state index is 12.7. The zero-order valence-corrected chi connectivity index (χ0v) is 13.4. The molecule has 1 N–H and O–H groups in total. The number of aliphatic carboxylic acids is 1. The van der Waals surface area contributed by atoms with Gasteiger partial charge in [0.05, 0.1) is 22.7 Å². The molecule has 0 atom stereocenters. The molecule has 0 aliphatic carbocycles. The predicted octanol–water partition coefficient (Wildman–Crippen LogP) is 2.19. The molecule has 27 heavy (non-hydrogen) atoms. The number of hydrazone groups is 1. The van der Waals surface area contributed by atoms with Gasteiger partial charge in [0.25, 0.3) is 5.69 Å². The van der Waals surface area contributed by atoms with E-state index in [0.717, 1.165) is 6.07 Å². The van der Waals surface area contributed by atoms with Crippen LogP contribution >= 0.6 is 0 Å². The van der Waals surface area contributed by atoms with Crippen LogP contribution in [-0.4, -0.2) is 23.7 Å². The minimum atomic E-state index is -4.72. The van der Waals surface area contributed by atoms with Crippen molar-refractivity contribution in [1.29, 1.82) is 0 Å². The molecule has 0 amide bonds. The number of nitro benzene ring substituents is 1. The number of carbonyl (C=O) groups is 1. The maximum absolute atomic E-state index is 12.7. The van der Waals surface area contributed by atoms with Gasteiger partial charge in [0.15, 0.2) is 0 Å². The number of carboxylic acid groups (broad SMARTS) is 1. The van der Waals surface area contributed by atoms with E-state index in [0.29, 0.717) is 17.7 Å². The molecule has 0 unspecified atom stereocenters. The lowest BCUT2D eigenvalue weighted by Gasteiger charge is -2.09. The number of nitrogens with zero attached hydrogens (tertiary/aromatic N) is 2. The summed E-state index contributed by atoms with van der Waals surface area (Å²) in [5.41, 5.74) is 0.407. The van der Waals surface area contributed by atoms with Gasteiger partial charge in [0.2, 0.25) is 0 Å². The van der Waals surface area contributed by atoms with Crippen LogP contribution in [0.25, 0.3) is 0 Å². The number of nitro groups is 1. The first-order chi connectivity index (χ1) is 12.7. The third kappa shape index (κ3) is 5.42. The Labute approximate surface area is 150 Å². The Hall–Kier alpha value is -3.63. The number of hydrogen-bond acceptors (Lipinski definition) is 7. The van der Waals surface area contributed by atoms with Crippen LogP contribution in [0.15, 0.2) is 47.6 Å². The second-order valence-electron chi connectivity index (χ2n) is 5.06. The van der Waals surface area contributed by atoms with Crippen LogP contribution in [0, 0.1) is 10.1 Å². The lowest BCUT2D eigenvalue weighted by molar-refractivity contribution is -0.384. The number of para-hydroxylation sites is 1. The van der Waals surface area contributed by atoms with Crippen molar-refractivity contribution in [2.45, 2.75) is 6.18 Å². The Kier molecular flexibility index (Phi) is 5.96. The van der Waals surface area contributed by atoms with Crippen LogP contribution in [0.5, 0.6) is 5.75 Å². The van der Waals surface area contributed by atoms with Crippen LogP contribution in [-0.2, 0) is 11.0 Å². The summed E-state index contributed by atoms with van der Waals surface area (Å²) in [4.78, 5) is 20.5. The number of hydrogen-bond donors (Lipinski definition) is 1. The summed E-state index contributed by atoms with van der Waals surface area (Å²) in [7, 11) is 0. The Morgan fingerprint density at radius 2 is 1.96 bits per heavy atom. The van der Waals surface area contributed by atoms with E-state index in [1.165, 1.54) is 18.3 Å². The average molecular weight is 382 g/mol. The molecule has 2 rings (SSSR count). The largest absolute Gasteiger partial charge is 0.546 e. The van der Waals surface area contributed by atoms with Gasteiger partial charge in [-0.3, -0.25) is 15.5 Å². The third-order valence-electron chi connectivity index (χ3n) is 3.17.